The van der Waals surface area contributed by atoms with Gasteiger partial charge < -0.3 is 5.32 Å². The molecule has 2 aromatic carbocycles. The van der Waals surface area contributed by atoms with Crippen molar-refractivity contribution in [2.45, 2.75) is 13.0 Å². The molecule has 2 aromatic rings. The summed E-state index contributed by atoms with van der Waals surface area (Å²) in [5.41, 5.74) is 2.42. The number of benzene rings is 2. The lowest BCUT2D eigenvalue weighted by Gasteiger charge is -2.19. The third-order valence-corrected chi connectivity index (χ3v) is 4.05. The van der Waals surface area contributed by atoms with Gasteiger partial charge in [-0.1, -0.05) is 54.9 Å². The van der Waals surface area contributed by atoms with E-state index in [1.54, 1.807) is 0 Å². The zero-order valence-electron chi connectivity index (χ0n) is 10.2. The molecule has 0 bridgehead atoms. The van der Waals surface area contributed by atoms with Crippen molar-refractivity contribution in [3.8, 4) is 0 Å². The maximum absolute atomic E-state index is 6.17. The van der Waals surface area contributed by atoms with E-state index < -0.39 is 0 Å². The summed E-state index contributed by atoms with van der Waals surface area (Å²) < 4.78 is 0.927. The van der Waals surface area contributed by atoms with Gasteiger partial charge in [-0.15, -0.1) is 0 Å². The van der Waals surface area contributed by atoms with Gasteiger partial charge in [-0.25, -0.2) is 0 Å². The Morgan fingerprint density at radius 3 is 2.44 bits per heavy atom. The molecule has 18 heavy (non-hydrogen) atoms. The fraction of sp³-hybridized carbons (Fsp3) is 0.200. The van der Waals surface area contributed by atoms with Crippen molar-refractivity contribution in [2.24, 2.45) is 0 Å². The molecular weight excluding hydrogens is 310 g/mol. The van der Waals surface area contributed by atoms with E-state index in [0.717, 1.165) is 16.0 Å². The van der Waals surface area contributed by atoms with Crippen LogP contribution in [0.15, 0.2) is 53.0 Å². The van der Waals surface area contributed by atoms with Crippen LogP contribution in [0.2, 0.25) is 5.02 Å². The highest BCUT2D eigenvalue weighted by Gasteiger charge is 2.13. The van der Waals surface area contributed by atoms with E-state index in [9.17, 15) is 0 Å². The maximum atomic E-state index is 6.17. The van der Waals surface area contributed by atoms with Crippen molar-refractivity contribution >= 4 is 27.5 Å². The molecule has 0 aromatic heterocycles. The molecule has 2 rings (SSSR count). The van der Waals surface area contributed by atoms with E-state index in [4.69, 9.17) is 11.6 Å². The quantitative estimate of drug-likeness (QED) is 0.851. The van der Waals surface area contributed by atoms with Crippen LogP contribution in [0, 0.1) is 0 Å². The number of rotatable bonds is 4. The second kappa shape index (κ2) is 6.37. The van der Waals surface area contributed by atoms with Crippen LogP contribution in [0.25, 0.3) is 0 Å². The standard InChI is InChI=1S/C15H15BrClN/c1-2-18-15(11-6-4-3-5-7-11)12-8-9-13(16)14(17)10-12/h3-10,15,18H,2H2,1H3. The Kier molecular flexibility index (Phi) is 4.81. The Bertz CT molecular complexity index is 513. The molecule has 0 radical (unpaired) electrons. The highest BCUT2D eigenvalue weighted by Crippen LogP contribution is 2.29. The SMILES string of the molecule is CCNC(c1ccccc1)c1ccc(Br)c(Cl)c1. The van der Waals surface area contributed by atoms with E-state index in [1.807, 2.05) is 18.2 Å². The molecule has 1 N–H and O–H groups in total. The van der Waals surface area contributed by atoms with Crippen LogP contribution in [0.3, 0.4) is 0 Å². The van der Waals surface area contributed by atoms with Crippen LogP contribution in [-0.4, -0.2) is 6.54 Å². The molecule has 3 heteroatoms. The predicted octanol–water partition coefficient (Wildman–Crippen LogP) is 4.80. The highest BCUT2D eigenvalue weighted by atomic mass is 79.9. The zero-order chi connectivity index (χ0) is 13.0. The van der Waals surface area contributed by atoms with Crippen molar-refractivity contribution in [1.82, 2.24) is 5.32 Å². The lowest BCUT2D eigenvalue weighted by atomic mass is 9.99. The largest absolute Gasteiger partial charge is 0.307 e. The van der Waals surface area contributed by atoms with Gasteiger partial charge in [0.25, 0.3) is 0 Å². The summed E-state index contributed by atoms with van der Waals surface area (Å²) in [6.07, 6.45) is 0. The zero-order valence-corrected chi connectivity index (χ0v) is 12.5. The molecule has 0 fully saturated rings. The minimum atomic E-state index is 0.182. The summed E-state index contributed by atoms with van der Waals surface area (Å²) in [5, 5.41) is 4.23. The summed E-state index contributed by atoms with van der Waals surface area (Å²) in [5.74, 6) is 0. The molecule has 0 aliphatic carbocycles. The minimum Gasteiger partial charge on any atom is -0.307 e. The monoisotopic (exact) mass is 323 g/mol. The molecule has 0 amide bonds. The Morgan fingerprint density at radius 2 is 1.83 bits per heavy atom. The predicted molar refractivity (Wildman–Crippen MR) is 81.1 cm³/mol. The van der Waals surface area contributed by atoms with Gasteiger partial charge in [0.2, 0.25) is 0 Å². The summed E-state index contributed by atoms with van der Waals surface area (Å²) in [7, 11) is 0. The van der Waals surface area contributed by atoms with Gasteiger partial charge in [0.1, 0.15) is 0 Å². The molecule has 0 spiro atoms. The molecular formula is C15H15BrClN. The normalized spacial score (nSPS) is 12.4. The Morgan fingerprint density at radius 1 is 1.11 bits per heavy atom. The van der Waals surface area contributed by atoms with Crippen LogP contribution >= 0.6 is 27.5 Å². The van der Waals surface area contributed by atoms with Gasteiger partial charge in [0.15, 0.2) is 0 Å². The van der Waals surface area contributed by atoms with E-state index >= 15 is 0 Å². The third kappa shape index (κ3) is 3.14. The Hall–Kier alpha value is -0.830. The topological polar surface area (TPSA) is 12.0 Å². The van der Waals surface area contributed by atoms with E-state index in [-0.39, 0.29) is 6.04 Å². The first-order valence-corrected chi connectivity index (χ1v) is 7.12. The van der Waals surface area contributed by atoms with Crippen molar-refractivity contribution in [3.63, 3.8) is 0 Å². The molecule has 1 unspecified atom stereocenters. The summed E-state index contributed by atoms with van der Waals surface area (Å²) in [4.78, 5) is 0. The lowest BCUT2D eigenvalue weighted by Crippen LogP contribution is -2.21. The van der Waals surface area contributed by atoms with Crippen LogP contribution in [0.4, 0.5) is 0 Å². The smallest absolute Gasteiger partial charge is 0.0577 e. The van der Waals surface area contributed by atoms with Gasteiger partial charge in [0, 0.05) is 4.47 Å². The van der Waals surface area contributed by atoms with Crippen LogP contribution in [0.5, 0.6) is 0 Å². The van der Waals surface area contributed by atoms with Gasteiger partial charge in [-0.2, -0.15) is 0 Å². The molecule has 0 saturated heterocycles. The van der Waals surface area contributed by atoms with Gasteiger partial charge in [-0.05, 0) is 45.7 Å². The summed E-state index contributed by atoms with van der Waals surface area (Å²) in [6.45, 7) is 3.02. The number of hydrogen-bond acceptors (Lipinski definition) is 1. The number of halogens is 2. The average molecular weight is 325 g/mol. The Balaban J connectivity index is 2.38. The molecule has 1 nitrogen and oxygen atoms in total. The average Bonchev–Trinajstić information content (AvgIpc) is 2.40. The number of hydrogen-bond donors (Lipinski definition) is 1. The summed E-state index contributed by atoms with van der Waals surface area (Å²) >= 11 is 9.59. The second-order valence-electron chi connectivity index (χ2n) is 4.07. The van der Waals surface area contributed by atoms with Crippen LogP contribution < -0.4 is 5.32 Å². The van der Waals surface area contributed by atoms with Crippen molar-refractivity contribution in [2.75, 3.05) is 6.54 Å². The van der Waals surface area contributed by atoms with Crippen LogP contribution in [-0.2, 0) is 0 Å². The fourth-order valence-electron chi connectivity index (χ4n) is 1.97. The van der Waals surface area contributed by atoms with E-state index in [2.05, 4.69) is 58.5 Å². The van der Waals surface area contributed by atoms with Gasteiger partial charge in [0.05, 0.1) is 11.1 Å². The molecule has 0 saturated carbocycles. The molecule has 0 aliphatic heterocycles. The Labute approximate surface area is 121 Å². The van der Waals surface area contributed by atoms with E-state index in [1.165, 1.54) is 11.1 Å². The van der Waals surface area contributed by atoms with Crippen molar-refractivity contribution < 1.29 is 0 Å². The first-order valence-electron chi connectivity index (χ1n) is 5.95. The second-order valence-corrected chi connectivity index (χ2v) is 5.34. The first kappa shape index (κ1) is 13.6. The fourth-order valence-corrected chi connectivity index (χ4v) is 2.41. The number of nitrogens with one attached hydrogen (secondary N) is 1. The first-order chi connectivity index (χ1) is 8.72. The van der Waals surface area contributed by atoms with Gasteiger partial charge in [-0.3, -0.25) is 0 Å². The molecule has 0 aliphatic rings. The minimum absolute atomic E-state index is 0.182. The van der Waals surface area contributed by atoms with Crippen LogP contribution in [0.1, 0.15) is 24.1 Å². The third-order valence-electron chi connectivity index (χ3n) is 2.82. The highest BCUT2D eigenvalue weighted by molar-refractivity contribution is 9.10. The molecule has 0 heterocycles. The van der Waals surface area contributed by atoms with Crippen molar-refractivity contribution in [1.29, 1.82) is 0 Å². The molecule has 94 valence electrons. The lowest BCUT2D eigenvalue weighted by molar-refractivity contribution is 0.630. The summed E-state index contributed by atoms with van der Waals surface area (Å²) in [6, 6.07) is 16.7. The van der Waals surface area contributed by atoms with Gasteiger partial charge >= 0.3 is 0 Å². The maximum Gasteiger partial charge on any atom is 0.0577 e. The van der Waals surface area contributed by atoms with Crippen molar-refractivity contribution in [3.05, 3.63) is 69.2 Å². The molecule has 1 atom stereocenters. The van der Waals surface area contributed by atoms with E-state index in [0.29, 0.717) is 0 Å².